The molecule has 0 spiro atoms. The fourth-order valence-corrected chi connectivity index (χ4v) is 0.687. The Labute approximate surface area is 58.8 Å². The molecular weight excluding hydrogens is 139 g/mol. The van der Waals surface area contributed by atoms with Crippen LogP contribution < -0.4 is 0 Å². The molecule has 0 heterocycles. The number of benzene rings is 1. The van der Waals surface area contributed by atoms with E-state index in [0.717, 1.165) is 10.6 Å². The standard InChI is InChI=1S/C7H7Cl.FH/c1-6-4-2-3-5-7(6)8;/h2-5H,1H3;1H. The predicted octanol–water partition coefficient (Wildman–Crippen LogP) is 2.80. The maximum absolute atomic E-state index is 5.71. The van der Waals surface area contributed by atoms with Crippen LogP contribution in [-0.2, 0) is 0 Å². The van der Waals surface area contributed by atoms with Gasteiger partial charge < -0.3 is 0 Å². The molecule has 0 fully saturated rings. The highest BCUT2D eigenvalue weighted by atomic mass is 35.5. The van der Waals surface area contributed by atoms with Gasteiger partial charge in [-0.25, -0.2) is 0 Å². The van der Waals surface area contributed by atoms with E-state index in [1.165, 1.54) is 0 Å². The quantitative estimate of drug-likeness (QED) is 0.528. The van der Waals surface area contributed by atoms with Crippen LogP contribution in [0.15, 0.2) is 24.3 Å². The van der Waals surface area contributed by atoms with Crippen molar-refractivity contribution in [3.05, 3.63) is 34.9 Å². The van der Waals surface area contributed by atoms with Gasteiger partial charge in [-0.15, -0.1) is 0 Å². The molecule has 0 unspecified atom stereocenters. The number of hydrogen-bond acceptors (Lipinski definition) is 0. The molecule has 1 rings (SSSR count). The summed E-state index contributed by atoms with van der Waals surface area (Å²) in [6.07, 6.45) is 0. The molecule has 2 heteroatoms. The zero-order valence-electron chi connectivity index (χ0n) is 5.10. The van der Waals surface area contributed by atoms with E-state index in [1.54, 1.807) is 0 Å². The lowest BCUT2D eigenvalue weighted by atomic mass is 10.2. The summed E-state index contributed by atoms with van der Waals surface area (Å²) in [5.41, 5.74) is 1.13. The fraction of sp³-hybridized carbons (Fsp3) is 0.143. The topological polar surface area (TPSA) is 0 Å². The van der Waals surface area contributed by atoms with Gasteiger partial charge in [0.25, 0.3) is 0 Å². The second kappa shape index (κ2) is 3.46. The molecule has 0 bridgehead atoms. The number of hydrogen-bond donors (Lipinski definition) is 0. The third kappa shape index (κ3) is 2.02. The third-order valence-corrected chi connectivity index (χ3v) is 1.50. The molecule has 9 heavy (non-hydrogen) atoms. The molecular formula is C7H8ClF. The maximum Gasteiger partial charge on any atom is 0.0435 e. The molecule has 50 valence electrons. The Hall–Kier alpha value is -0.560. The van der Waals surface area contributed by atoms with E-state index in [9.17, 15) is 0 Å². The van der Waals surface area contributed by atoms with Gasteiger partial charge in [0.05, 0.1) is 0 Å². The van der Waals surface area contributed by atoms with E-state index in [0.29, 0.717) is 0 Å². The van der Waals surface area contributed by atoms with E-state index < -0.39 is 0 Å². The summed E-state index contributed by atoms with van der Waals surface area (Å²) in [4.78, 5) is 0. The smallest absolute Gasteiger partial charge is 0.0435 e. The first kappa shape index (κ1) is 8.44. The van der Waals surface area contributed by atoms with E-state index in [-0.39, 0.29) is 4.70 Å². The average molecular weight is 147 g/mol. The van der Waals surface area contributed by atoms with Crippen molar-refractivity contribution >= 4 is 11.6 Å². The van der Waals surface area contributed by atoms with Crippen molar-refractivity contribution < 1.29 is 4.70 Å². The highest BCUT2D eigenvalue weighted by molar-refractivity contribution is 6.31. The summed E-state index contributed by atoms with van der Waals surface area (Å²) in [5, 5.41) is 0.840. The van der Waals surface area contributed by atoms with Crippen LogP contribution in [0.2, 0.25) is 5.02 Å². The van der Waals surface area contributed by atoms with Crippen LogP contribution in [0.1, 0.15) is 5.56 Å². The molecule has 0 saturated heterocycles. The average Bonchev–Trinajstić information content (AvgIpc) is 1.77. The Kier molecular flexibility index (Phi) is 3.25. The van der Waals surface area contributed by atoms with Crippen LogP contribution in [-0.4, -0.2) is 0 Å². The Balaban J connectivity index is 0.000000640. The summed E-state index contributed by atoms with van der Waals surface area (Å²) in [6, 6.07) is 7.77. The molecule has 0 aliphatic carbocycles. The first-order chi connectivity index (χ1) is 3.80. The van der Waals surface area contributed by atoms with Gasteiger partial charge in [0, 0.05) is 5.02 Å². The molecule has 0 nitrogen and oxygen atoms in total. The maximum atomic E-state index is 5.71. The van der Waals surface area contributed by atoms with Crippen molar-refractivity contribution in [1.82, 2.24) is 0 Å². The van der Waals surface area contributed by atoms with Gasteiger partial charge in [0.1, 0.15) is 0 Å². The van der Waals surface area contributed by atoms with Gasteiger partial charge in [0.15, 0.2) is 0 Å². The van der Waals surface area contributed by atoms with Crippen LogP contribution >= 0.6 is 11.6 Å². The lowest BCUT2D eigenvalue weighted by Gasteiger charge is -1.90. The lowest BCUT2D eigenvalue weighted by Crippen LogP contribution is -1.68. The van der Waals surface area contributed by atoms with Crippen LogP contribution in [0.3, 0.4) is 0 Å². The minimum absolute atomic E-state index is 0. The van der Waals surface area contributed by atoms with Crippen molar-refractivity contribution in [1.29, 1.82) is 0 Å². The minimum Gasteiger partial charge on any atom is -0.269 e. The van der Waals surface area contributed by atoms with Gasteiger partial charge >= 0.3 is 0 Å². The van der Waals surface area contributed by atoms with Crippen molar-refractivity contribution in [2.45, 2.75) is 6.92 Å². The van der Waals surface area contributed by atoms with Gasteiger partial charge in [-0.05, 0) is 18.6 Å². The predicted molar refractivity (Wildman–Crippen MR) is 38.7 cm³/mol. The molecule has 0 amide bonds. The Morgan fingerprint density at radius 1 is 1.22 bits per heavy atom. The van der Waals surface area contributed by atoms with Crippen LogP contribution in [0.25, 0.3) is 0 Å². The van der Waals surface area contributed by atoms with E-state index >= 15 is 0 Å². The highest BCUT2D eigenvalue weighted by Gasteiger charge is 1.86. The molecule has 1 aromatic rings. The van der Waals surface area contributed by atoms with Gasteiger partial charge in [0.2, 0.25) is 0 Å². The molecule has 0 aromatic heterocycles. The summed E-state index contributed by atoms with van der Waals surface area (Å²) in [5.74, 6) is 0. The molecule has 0 atom stereocenters. The van der Waals surface area contributed by atoms with Crippen molar-refractivity contribution in [2.75, 3.05) is 0 Å². The normalized spacial score (nSPS) is 8.22. The first-order valence-electron chi connectivity index (χ1n) is 2.52. The molecule has 0 aliphatic rings. The summed E-state index contributed by atoms with van der Waals surface area (Å²) in [7, 11) is 0. The zero-order valence-corrected chi connectivity index (χ0v) is 5.85. The van der Waals surface area contributed by atoms with E-state index in [2.05, 4.69) is 0 Å². The summed E-state index contributed by atoms with van der Waals surface area (Å²) >= 11 is 5.71. The molecule has 0 aliphatic heterocycles. The lowest BCUT2D eigenvalue weighted by molar-refractivity contribution is 1.11. The Morgan fingerprint density at radius 2 is 1.78 bits per heavy atom. The Morgan fingerprint density at radius 3 is 2.11 bits per heavy atom. The second-order valence-electron chi connectivity index (χ2n) is 1.75. The number of halogens is 2. The van der Waals surface area contributed by atoms with Gasteiger partial charge in [-0.1, -0.05) is 29.8 Å². The highest BCUT2D eigenvalue weighted by Crippen LogP contribution is 2.11. The largest absolute Gasteiger partial charge is 0.269 e. The number of aryl methyl sites for hydroxylation is 1. The SMILES string of the molecule is Cc1ccccc1Cl.F. The van der Waals surface area contributed by atoms with Crippen LogP contribution in [0.5, 0.6) is 0 Å². The summed E-state index contributed by atoms with van der Waals surface area (Å²) in [6.45, 7) is 1.99. The molecule has 0 saturated carbocycles. The summed E-state index contributed by atoms with van der Waals surface area (Å²) < 4.78 is 0. The molecule has 0 N–H and O–H groups in total. The van der Waals surface area contributed by atoms with E-state index in [4.69, 9.17) is 11.6 Å². The second-order valence-corrected chi connectivity index (χ2v) is 2.16. The molecule has 0 radical (unpaired) electrons. The zero-order chi connectivity index (χ0) is 5.98. The first-order valence-corrected chi connectivity index (χ1v) is 2.89. The van der Waals surface area contributed by atoms with Crippen molar-refractivity contribution in [2.24, 2.45) is 0 Å². The van der Waals surface area contributed by atoms with Crippen molar-refractivity contribution in [3.8, 4) is 0 Å². The molecule has 1 aromatic carbocycles. The Bertz CT molecular complexity index is 165. The number of rotatable bonds is 0. The van der Waals surface area contributed by atoms with Gasteiger partial charge in [-0.3, -0.25) is 4.70 Å². The fourth-order valence-electron chi connectivity index (χ4n) is 0.551. The third-order valence-electron chi connectivity index (χ3n) is 1.08. The van der Waals surface area contributed by atoms with Crippen LogP contribution in [0, 0.1) is 6.92 Å². The monoisotopic (exact) mass is 146 g/mol. The van der Waals surface area contributed by atoms with Crippen molar-refractivity contribution in [3.63, 3.8) is 0 Å². The van der Waals surface area contributed by atoms with Gasteiger partial charge in [-0.2, -0.15) is 0 Å². The van der Waals surface area contributed by atoms with Crippen LogP contribution in [0.4, 0.5) is 4.70 Å². The minimum atomic E-state index is 0. The van der Waals surface area contributed by atoms with E-state index in [1.807, 2.05) is 31.2 Å².